The summed E-state index contributed by atoms with van der Waals surface area (Å²) >= 11 is 0. The lowest BCUT2D eigenvalue weighted by Gasteiger charge is -2.13. The first-order valence-electron chi connectivity index (χ1n) is 8.44. The van der Waals surface area contributed by atoms with Gasteiger partial charge in [-0.15, -0.1) is 0 Å². The molecule has 2 heterocycles. The predicted octanol–water partition coefficient (Wildman–Crippen LogP) is 5.70. The van der Waals surface area contributed by atoms with Gasteiger partial charge >= 0.3 is 12.3 Å². The molecule has 10 heteroatoms. The molecule has 8 nitrogen and oxygen atoms in total. The van der Waals surface area contributed by atoms with E-state index in [1.165, 1.54) is 33.7 Å². The van der Waals surface area contributed by atoms with Crippen LogP contribution in [0.15, 0.2) is 70.7 Å². The molecule has 4 aromatic rings. The number of benzene rings is 2. The number of hydrogen-bond acceptors (Lipinski definition) is 8. The van der Waals surface area contributed by atoms with Crippen molar-refractivity contribution >= 4 is 55.7 Å². The number of ether oxygens (including phenoxy) is 2. The molecule has 30 heavy (non-hydrogen) atoms. The second-order valence-corrected chi connectivity index (χ2v) is 7.98. The number of carbonyl (C=O) groups is 2. The van der Waals surface area contributed by atoms with E-state index in [9.17, 15) is 9.59 Å². The summed E-state index contributed by atoms with van der Waals surface area (Å²) < 4.78 is 9.88. The number of fused-ring (bicyclic) bond motifs is 2. The molecule has 0 saturated heterocycles. The highest BCUT2D eigenvalue weighted by molar-refractivity contribution is 8.76. The highest BCUT2D eigenvalue weighted by atomic mass is 33.1. The normalized spacial score (nSPS) is 10.8. The summed E-state index contributed by atoms with van der Waals surface area (Å²) in [5, 5.41) is 19.6. The van der Waals surface area contributed by atoms with Crippen molar-refractivity contribution in [3.63, 3.8) is 0 Å². The van der Waals surface area contributed by atoms with Crippen molar-refractivity contribution in [3.8, 4) is 11.5 Å². The van der Waals surface area contributed by atoms with E-state index in [4.69, 9.17) is 19.7 Å². The van der Waals surface area contributed by atoms with E-state index in [1.54, 1.807) is 48.8 Å². The number of rotatable bonds is 5. The maximum Gasteiger partial charge on any atom is 0.511 e. The van der Waals surface area contributed by atoms with Gasteiger partial charge in [-0.1, -0.05) is 0 Å². The molecule has 0 saturated carbocycles. The van der Waals surface area contributed by atoms with Crippen LogP contribution in [-0.4, -0.2) is 32.5 Å². The van der Waals surface area contributed by atoms with Gasteiger partial charge in [0.1, 0.15) is 11.5 Å². The summed E-state index contributed by atoms with van der Waals surface area (Å²) in [6.07, 6.45) is 0.400. The highest BCUT2D eigenvalue weighted by Gasteiger charge is 2.18. The quantitative estimate of drug-likeness (QED) is 0.227. The van der Waals surface area contributed by atoms with Gasteiger partial charge in [0.2, 0.25) is 0 Å². The molecule has 0 radical (unpaired) electrons. The van der Waals surface area contributed by atoms with Crippen LogP contribution < -0.4 is 9.47 Å². The average Bonchev–Trinajstić information content (AvgIpc) is 2.73. The summed E-state index contributed by atoms with van der Waals surface area (Å²) in [4.78, 5) is 31.9. The molecular weight excluding hydrogens is 428 g/mol. The maximum absolute atomic E-state index is 11.1. The van der Waals surface area contributed by atoms with Crippen LogP contribution in [0.25, 0.3) is 21.8 Å². The third-order valence-corrected chi connectivity index (χ3v) is 6.51. The third kappa shape index (κ3) is 4.09. The van der Waals surface area contributed by atoms with Crippen LogP contribution in [0.2, 0.25) is 0 Å². The molecule has 0 aliphatic heterocycles. The minimum absolute atomic E-state index is 0.152. The number of nitrogens with zero attached hydrogens (tertiary/aromatic N) is 2. The molecule has 0 fully saturated rings. The summed E-state index contributed by atoms with van der Waals surface area (Å²) in [6, 6.07) is 13.5. The first kappa shape index (κ1) is 19.8. The van der Waals surface area contributed by atoms with Gasteiger partial charge in [0.05, 0.1) is 20.8 Å². The van der Waals surface area contributed by atoms with Gasteiger partial charge in [-0.3, -0.25) is 9.97 Å². The second-order valence-electron chi connectivity index (χ2n) is 5.83. The molecule has 4 rings (SSSR count). The van der Waals surface area contributed by atoms with Gasteiger partial charge < -0.3 is 19.7 Å². The Bertz CT molecular complexity index is 1180. The van der Waals surface area contributed by atoms with Crippen LogP contribution in [0.1, 0.15) is 0 Å². The van der Waals surface area contributed by atoms with Crippen molar-refractivity contribution in [2.24, 2.45) is 0 Å². The second kappa shape index (κ2) is 8.47. The van der Waals surface area contributed by atoms with E-state index < -0.39 is 12.3 Å². The number of carboxylic acid groups (broad SMARTS) is 2. The standard InChI is InChI=1S/C20H12N2O6S2/c23-19(24)27-15-7-5-13-11(3-1-9-21-13)17(15)29-30-18-12-4-2-10-22-14(12)6-8-16(18)28-20(25)26/h1-10H,(H,23,24)(H,25,26). The smallest absolute Gasteiger partial charge is 0.449 e. The zero-order valence-corrected chi connectivity index (χ0v) is 16.6. The Balaban J connectivity index is 1.80. The van der Waals surface area contributed by atoms with Crippen molar-refractivity contribution in [1.82, 2.24) is 9.97 Å². The predicted molar refractivity (Wildman–Crippen MR) is 113 cm³/mol. The van der Waals surface area contributed by atoms with Crippen molar-refractivity contribution in [1.29, 1.82) is 0 Å². The van der Waals surface area contributed by atoms with E-state index in [0.717, 1.165) is 0 Å². The molecule has 2 aromatic carbocycles. The first-order chi connectivity index (χ1) is 14.5. The van der Waals surface area contributed by atoms with Crippen LogP contribution in [0.3, 0.4) is 0 Å². The van der Waals surface area contributed by atoms with Crippen molar-refractivity contribution in [3.05, 3.63) is 60.9 Å². The molecule has 2 N–H and O–H groups in total. The van der Waals surface area contributed by atoms with Crippen molar-refractivity contribution < 1.29 is 29.3 Å². The van der Waals surface area contributed by atoms with Gasteiger partial charge in [0.25, 0.3) is 0 Å². The molecule has 2 aromatic heterocycles. The fourth-order valence-electron chi connectivity index (χ4n) is 2.81. The van der Waals surface area contributed by atoms with Crippen LogP contribution in [-0.2, 0) is 0 Å². The SMILES string of the molecule is O=C(O)Oc1ccc2ncccc2c1SSc1c(OC(=O)O)ccc2ncccc12. The van der Waals surface area contributed by atoms with Crippen LogP contribution in [0.4, 0.5) is 9.59 Å². The minimum atomic E-state index is -1.44. The minimum Gasteiger partial charge on any atom is -0.449 e. The van der Waals surface area contributed by atoms with Gasteiger partial charge in [-0.2, -0.15) is 0 Å². The topological polar surface area (TPSA) is 119 Å². The summed E-state index contributed by atoms with van der Waals surface area (Å²) in [6.45, 7) is 0. The third-order valence-electron chi connectivity index (χ3n) is 4.00. The molecule has 0 unspecified atom stereocenters. The average molecular weight is 440 g/mol. The van der Waals surface area contributed by atoms with E-state index >= 15 is 0 Å². The van der Waals surface area contributed by atoms with Gasteiger partial charge in [-0.05, 0) is 70.1 Å². The van der Waals surface area contributed by atoms with E-state index in [-0.39, 0.29) is 11.5 Å². The van der Waals surface area contributed by atoms with Gasteiger partial charge in [-0.25, -0.2) is 9.59 Å². The Morgan fingerprint density at radius 2 is 1.13 bits per heavy atom. The summed E-state index contributed by atoms with van der Waals surface area (Å²) in [7, 11) is 2.43. The van der Waals surface area contributed by atoms with Crippen LogP contribution in [0.5, 0.6) is 11.5 Å². The number of aromatic nitrogens is 2. The summed E-state index contributed by atoms with van der Waals surface area (Å²) in [5.74, 6) is 0.305. The highest BCUT2D eigenvalue weighted by Crippen LogP contribution is 2.49. The van der Waals surface area contributed by atoms with Crippen LogP contribution >= 0.6 is 21.6 Å². The molecule has 0 bridgehead atoms. The first-order valence-corrected chi connectivity index (χ1v) is 10.6. The Morgan fingerprint density at radius 1 is 0.700 bits per heavy atom. The van der Waals surface area contributed by atoms with Gasteiger partial charge in [0, 0.05) is 23.2 Å². The number of pyridine rings is 2. The molecule has 0 aliphatic rings. The fraction of sp³-hybridized carbons (Fsp3) is 0. The maximum atomic E-state index is 11.1. The van der Waals surface area contributed by atoms with E-state index in [1.807, 2.05) is 0 Å². The molecule has 150 valence electrons. The Labute approximate surface area is 177 Å². The lowest BCUT2D eigenvalue weighted by Crippen LogP contribution is -2.04. The fourth-order valence-corrected chi connectivity index (χ4v) is 5.42. The van der Waals surface area contributed by atoms with Crippen molar-refractivity contribution in [2.45, 2.75) is 9.79 Å². The molecule has 0 atom stereocenters. The number of hydrogen-bond donors (Lipinski definition) is 2. The van der Waals surface area contributed by atoms with E-state index in [2.05, 4.69) is 9.97 Å². The van der Waals surface area contributed by atoms with Crippen molar-refractivity contribution in [2.75, 3.05) is 0 Å². The lowest BCUT2D eigenvalue weighted by molar-refractivity contribution is 0.142. The lowest BCUT2D eigenvalue weighted by atomic mass is 10.2. The monoisotopic (exact) mass is 440 g/mol. The Morgan fingerprint density at radius 3 is 1.53 bits per heavy atom. The molecule has 0 amide bonds. The van der Waals surface area contributed by atoms with E-state index in [0.29, 0.717) is 31.6 Å². The largest absolute Gasteiger partial charge is 0.511 e. The Hall–Kier alpha value is -3.50. The zero-order valence-electron chi connectivity index (χ0n) is 15.0. The molecule has 0 spiro atoms. The zero-order chi connectivity index (χ0) is 21.1. The Kier molecular flexibility index (Phi) is 5.59. The summed E-state index contributed by atoms with van der Waals surface area (Å²) in [5.41, 5.74) is 1.33. The molecular formula is C20H12N2O6S2. The van der Waals surface area contributed by atoms with Crippen LogP contribution in [0, 0.1) is 0 Å². The van der Waals surface area contributed by atoms with Gasteiger partial charge in [0.15, 0.2) is 0 Å². The molecule has 0 aliphatic carbocycles.